The molecule has 0 amide bonds. The minimum Gasteiger partial charge on any atom is -0.380 e. The lowest BCUT2D eigenvalue weighted by molar-refractivity contribution is 0.185. The molecule has 0 aliphatic heterocycles. The second kappa shape index (κ2) is 8.10. The van der Waals surface area contributed by atoms with Crippen LogP contribution in [0.2, 0.25) is 5.28 Å². The molecule has 0 unspecified atom stereocenters. The number of hydrogen-bond acceptors (Lipinski definition) is 6. The van der Waals surface area contributed by atoms with Crippen LogP contribution in [-0.4, -0.2) is 40.2 Å². The van der Waals surface area contributed by atoms with Crippen molar-refractivity contribution in [3.63, 3.8) is 0 Å². The van der Waals surface area contributed by atoms with E-state index in [4.69, 9.17) is 16.3 Å². The highest BCUT2D eigenvalue weighted by Gasteiger charge is 2.19. The van der Waals surface area contributed by atoms with Gasteiger partial charge in [-0.1, -0.05) is 0 Å². The molecule has 0 radical (unpaired) electrons. The van der Waals surface area contributed by atoms with Crippen molar-refractivity contribution in [3.05, 3.63) is 52.1 Å². The summed E-state index contributed by atoms with van der Waals surface area (Å²) < 4.78 is 20.4. The molecule has 2 heterocycles. The Hall–Kier alpha value is -1.73. The Labute approximate surface area is 170 Å². The van der Waals surface area contributed by atoms with Crippen LogP contribution in [0.4, 0.5) is 11.5 Å². The number of halogens is 2. The van der Waals surface area contributed by atoms with Crippen LogP contribution in [-0.2, 0) is 15.9 Å². The second-order valence-electron chi connectivity index (χ2n) is 6.24. The monoisotopic (exact) mass is 469 g/mol. The molecule has 0 aliphatic carbocycles. The summed E-state index contributed by atoms with van der Waals surface area (Å²) in [5.74, 6) is 0.499. The first-order valence-corrected chi connectivity index (χ1v) is 11.7. The summed E-state index contributed by atoms with van der Waals surface area (Å²) in [6.07, 6.45) is 5.18. The lowest BCUT2D eigenvalue weighted by Crippen LogP contribution is -2.12. The highest BCUT2D eigenvalue weighted by Crippen LogP contribution is 2.39. The van der Waals surface area contributed by atoms with Gasteiger partial charge < -0.3 is 14.6 Å². The van der Waals surface area contributed by atoms with Gasteiger partial charge in [0, 0.05) is 30.4 Å². The number of anilines is 2. The lowest BCUT2D eigenvalue weighted by atomic mass is 10.2. The van der Waals surface area contributed by atoms with Crippen LogP contribution in [0.15, 0.2) is 41.3 Å². The fraction of sp³-hybridized carbons (Fsp3) is 0.235. The molecular weight excluding hydrogens is 453 g/mol. The molecule has 27 heavy (non-hydrogen) atoms. The SMILES string of the molecule is COCc1cnn(-c2ccc(Nc3nc(Cl)ncc3Br)c(P(C)(C)=O)c2)c1. The van der Waals surface area contributed by atoms with Crippen molar-refractivity contribution in [2.75, 3.05) is 25.8 Å². The van der Waals surface area contributed by atoms with Gasteiger partial charge in [0.2, 0.25) is 5.28 Å². The fourth-order valence-electron chi connectivity index (χ4n) is 2.52. The quantitative estimate of drug-likeness (QED) is 0.429. The number of aromatic nitrogens is 4. The average Bonchev–Trinajstić information content (AvgIpc) is 3.06. The molecule has 0 aliphatic rings. The Kier molecular flexibility index (Phi) is 6.01. The number of methoxy groups -OCH3 is 1. The first kappa shape index (κ1) is 20.0. The van der Waals surface area contributed by atoms with E-state index in [0.717, 1.165) is 11.3 Å². The van der Waals surface area contributed by atoms with Crippen LogP contribution < -0.4 is 10.6 Å². The van der Waals surface area contributed by atoms with Crippen molar-refractivity contribution in [3.8, 4) is 5.69 Å². The van der Waals surface area contributed by atoms with E-state index in [0.29, 0.717) is 27.9 Å². The molecule has 1 aromatic carbocycles. The highest BCUT2D eigenvalue weighted by atomic mass is 79.9. The summed E-state index contributed by atoms with van der Waals surface area (Å²) in [5.41, 5.74) is 2.45. The van der Waals surface area contributed by atoms with E-state index >= 15 is 0 Å². The smallest absolute Gasteiger partial charge is 0.224 e. The molecule has 2 aromatic heterocycles. The molecule has 1 N–H and O–H groups in total. The third kappa shape index (κ3) is 4.76. The molecule has 0 saturated carbocycles. The van der Waals surface area contributed by atoms with E-state index in [1.165, 1.54) is 0 Å². The van der Waals surface area contributed by atoms with Gasteiger partial charge in [-0.25, -0.2) is 9.67 Å². The lowest BCUT2D eigenvalue weighted by Gasteiger charge is -2.17. The van der Waals surface area contributed by atoms with Gasteiger partial charge in [0.15, 0.2) is 0 Å². The predicted octanol–water partition coefficient (Wildman–Crippen LogP) is 4.22. The summed E-state index contributed by atoms with van der Waals surface area (Å²) in [6, 6.07) is 5.61. The zero-order valence-corrected chi connectivity index (χ0v) is 18.2. The van der Waals surface area contributed by atoms with Crippen LogP contribution >= 0.6 is 34.7 Å². The molecule has 0 fully saturated rings. The van der Waals surface area contributed by atoms with Crippen LogP contribution in [0.3, 0.4) is 0 Å². The minimum absolute atomic E-state index is 0.122. The van der Waals surface area contributed by atoms with E-state index in [-0.39, 0.29) is 5.28 Å². The topological polar surface area (TPSA) is 81.9 Å². The Morgan fingerprint density at radius 1 is 1.33 bits per heavy atom. The zero-order valence-electron chi connectivity index (χ0n) is 15.0. The molecule has 3 aromatic rings. The Morgan fingerprint density at radius 3 is 2.81 bits per heavy atom. The minimum atomic E-state index is -2.59. The number of benzene rings is 1. The van der Waals surface area contributed by atoms with Crippen LogP contribution in [0, 0.1) is 0 Å². The van der Waals surface area contributed by atoms with Gasteiger partial charge in [0.05, 0.1) is 28.7 Å². The van der Waals surface area contributed by atoms with E-state index in [1.54, 1.807) is 37.5 Å². The first-order valence-electron chi connectivity index (χ1n) is 7.95. The average molecular weight is 471 g/mol. The van der Waals surface area contributed by atoms with Crippen molar-refractivity contribution in [2.45, 2.75) is 6.61 Å². The molecule has 0 saturated heterocycles. The number of hydrogen-bond donors (Lipinski definition) is 1. The largest absolute Gasteiger partial charge is 0.380 e. The van der Waals surface area contributed by atoms with E-state index in [9.17, 15) is 4.57 Å². The third-order valence-electron chi connectivity index (χ3n) is 3.74. The van der Waals surface area contributed by atoms with Crippen molar-refractivity contribution in [2.24, 2.45) is 0 Å². The maximum absolute atomic E-state index is 12.9. The van der Waals surface area contributed by atoms with Gasteiger partial charge in [0.1, 0.15) is 13.0 Å². The summed E-state index contributed by atoms with van der Waals surface area (Å²) in [4.78, 5) is 8.08. The third-order valence-corrected chi connectivity index (χ3v) is 6.03. The van der Waals surface area contributed by atoms with Gasteiger partial charge in [-0.15, -0.1) is 0 Å². The van der Waals surface area contributed by atoms with E-state index in [1.807, 2.05) is 24.4 Å². The van der Waals surface area contributed by atoms with Gasteiger partial charge in [-0.3, -0.25) is 0 Å². The standard InChI is InChI=1S/C17H18BrClN5O2P/c1-26-10-11-7-21-24(9-11)12-4-5-14(15(6-12)27(2,3)25)22-16-13(18)8-20-17(19)23-16/h4-9H,10H2,1-3H3,(H,20,22,23). The van der Waals surface area contributed by atoms with Gasteiger partial charge in [-0.2, -0.15) is 10.1 Å². The Bertz CT molecular complexity index is 1020. The van der Waals surface area contributed by atoms with Gasteiger partial charge in [0.25, 0.3) is 0 Å². The van der Waals surface area contributed by atoms with Gasteiger partial charge >= 0.3 is 0 Å². The molecule has 0 bridgehead atoms. The van der Waals surface area contributed by atoms with E-state index < -0.39 is 7.14 Å². The highest BCUT2D eigenvalue weighted by molar-refractivity contribution is 9.10. The predicted molar refractivity (Wildman–Crippen MR) is 111 cm³/mol. The molecule has 0 atom stereocenters. The first-order chi connectivity index (χ1) is 12.8. The molecular formula is C17H18BrClN5O2P. The molecule has 142 valence electrons. The summed E-state index contributed by atoms with van der Waals surface area (Å²) in [5, 5.41) is 8.34. The van der Waals surface area contributed by atoms with Crippen molar-refractivity contribution in [1.82, 2.24) is 19.7 Å². The molecule has 7 nitrogen and oxygen atoms in total. The molecule has 0 spiro atoms. The number of ether oxygens (including phenoxy) is 1. The zero-order chi connectivity index (χ0) is 19.6. The van der Waals surface area contributed by atoms with Crippen molar-refractivity contribution >= 4 is 51.5 Å². The summed E-state index contributed by atoms with van der Waals surface area (Å²) in [6.45, 7) is 3.92. The van der Waals surface area contributed by atoms with Crippen molar-refractivity contribution in [1.29, 1.82) is 0 Å². The maximum atomic E-state index is 12.9. The van der Waals surface area contributed by atoms with Crippen LogP contribution in [0.5, 0.6) is 0 Å². The normalized spacial score (nSPS) is 11.6. The van der Waals surface area contributed by atoms with Crippen molar-refractivity contribution < 1.29 is 9.30 Å². The fourth-order valence-corrected chi connectivity index (χ4v) is 4.09. The Balaban J connectivity index is 2.02. The number of rotatable bonds is 6. The molecule has 3 rings (SSSR count). The molecule has 10 heteroatoms. The number of nitrogens with one attached hydrogen (secondary N) is 1. The number of nitrogens with zero attached hydrogens (tertiary/aromatic N) is 4. The summed E-state index contributed by atoms with van der Waals surface area (Å²) >= 11 is 9.28. The second-order valence-corrected chi connectivity index (χ2v) is 10.6. The Morgan fingerprint density at radius 2 is 2.11 bits per heavy atom. The maximum Gasteiger partial charge on any atom is 0.224 e. The van der Waals surface area contributed by atoms with Gasteiger partial charge in [-0.05, 0) is 59.1 Å². The summed E-state index contributed by atoms with van der Waals surface area (Å²) in [7, 11) is -0.956. The van der Waals surface area contributed by atoms with Crippen LogP contribution in [0.25, 0.3) is 5.69 Å². The van der Waals surface area contributed by atoms with Crippen LogP contribution in [0.1, 0.15) is 5.56 Å². The van der Waals surface area contributed by atoms with E-state index in [2.05, 4.69) is 36.3 Å².